The summed E-state index contributed by atoms with van der Waals surface area (Å²) in [4.78, 5) is 22.3. The van der Waals surface area contributed by atoms with Gasteiger partial charge in [-0.05, 0) is 49.2 Å². The molecule has 0 aliphatic carbocycles. The van der Waals surface area contributed by atoms with E-state index in [1.807, 2.05) is 53.9 Å². The lowest BCUT2D eigenvalue weighted by Crippen LogP contribution is -2.27. The van der Waals surface area contributed by atoms with Crippen LogP contribution in [0.15, 0.2) is 60.8 Å². The van der Waals surface area contributed by atoms with E-state index in [-0.39, 0.29) is 5.91 Å². The van der Waals surface area contributed by atoms with Crippen LogP contribution in [0.3, 0.4) is 0 Å². The van der Waals surface area contributed by atoms with Gasteiger partial charge in [-0.15, -0.1) is 0 Å². The summed E-state index contributed by atoms with van der Waals surface area (Å²) in [7, 11) is 0. The standard InChI is InChI=1S/C24H24N6O/c1-16-12-18-8-5-9-21(30(18)15-16)23(31)29-24-27-20-14-25-11-10-19(20)22(28-24)26-13-17-6-3-2-4-7-17/h2-9,12,15,25H,10-11,13-14H2,1H3,(H2,26,27,28,29,31). The number of anilines is 2. The number of nitrogens with one attached hydrogen (secondary N) is 3. The Bertz CT molecular complexity index is 1250. The maximum Gasteiger partial charge on any atom is 0.274 e. The lowest BCUT2D eigenvalue weighted by atomic mass is 10.1. The second-order valence-corrected chi connectivity index (χ2v) is 7.76. The summed E-state index contributed by atoms with van der Waals surface area (Å²) in [6.45, 7) is 4.22. The zero-order chi connectivity index (χ0) is 21.2. The van der Waals surface area contributed by atoms with Crippen molar-refractivity contribution in [3.05, 3.63) is 88.9 Å². The zero-order valence-corrected chi connectivity index (χ0v) is 17.4. The van der Waals surface area contributed by atoms with Crippen molar-refractivity contribution in [2.75, 3.05) is 17.2 Å². The highest BCUT2D eigenvalue weighted by Gasteiger charge is 2.19. The van der Waals surface area contributed by atoms with Crippen LogP contribution < -0.4 is 16.0 Å². The van der Waals surface area contributed by atoms with Crippen LogP contribution in [-0.4, -0.2) is 26.8 Å². The quantitative estimate of drug-likeness (QED) is 0.467. The molecule has 7 nitrogen and oxygen atoms in total. The number of aryl methyl sites for hydroxylation is 1. The first kappa shape index (κ1) is 19.3. The van der Waals surface area contributed by atoms with E-state index in [1.165, 1.54) is 5.56 Å². The van der Waals surface area contributed by atoms with Crippen molar-refractivity contribution in [2.24, 2.45) is 0 Å². The van der Waals surface area contributed by atoms with Gasteiger partial charge in [0.25, 0.3) is 5.91 Å². The fourth-order valence-electron chi connectivity index (χ4n) is 3.97. The Hall–Kier alpha value is -3.71. The number of aromatic nitrogens is 3. The van der Waals surface area contributed by atoms with E-state index in [4.69, 9.17) is 0 Å². The number of hydrogen-bond acceptors (Lipinski definition) is 5. The van der Waals surface area contributed by atoms with Crippen LogP contribution in [0, 0.1) is 6.92 Å². The van der Waals surface area contributed by atoms with Gasteiger partial charge < -0.3 is 15.0 Å². The molecule has 1 aromatic carbocycles. The van der Waals surface area contributed by atoms with E-state index in [9.17, 15) is 4.79 Å². The van der Waals surface area contributed by atoms with Crippen LogP contribution in [0.25, 0.3) is 5.52 Å². The van der Waals surface area contributed by atoms with Gasteiger partial charge in [0.15, 0.2) is 0 Å². The van der Waals surface area contributed by atoms with Gasteiger partial charge in [0.2, 0.25) is 5.95 Å². The third-order valence-electron chi connectivity index (χ3n) is 5.46. The number of amides is 1. The molecule has 1 amide bonds. The predicted octanol–water partition coefficient (Wildman–Crippen LogP) is 3.55. The lowest BCUT2D eigenvalue weighted by molar-refractivity contribution is 0.102. The Morgan fingerprint density at radius 1 is 1.13 bits per heavy atom. The highest BCUT2D eigenvalue weighted by atomic mass is 16.2. The average Bonchev–Trinajstić information content (AvgIpc) is 3.18. The van der Waals surface area contributed by atoms with Gasteiger partial charge in [0.05, 0.1) is 5.69 Å². The third kappa shape index (κ3) is 4.00. The topological polar surface area (TPSA) is 83.3 Å². The fourth-order valence-corrected chi connectivity index (χ4v) is 3.97. The molecule has 31 heavy (non-hydrogen) atoms. The molecule has 7 heteroatoms. The Balaban J connectivity index is 1.44. The van der Waals surface area contributed by atoms with Crippen molar-refractivity contribution in [3.8, 4) is 0 Å². The third-order valence-corrected chi connectivity index (χ3v) is 5.46. The molecule has 0 radical (unpaired) electrons. The minimum absolute atomic E-state index is 0.237. The molecule has 1 aliphatic rings. The molecule has 0 saturated carbocycles. The minimum atomic E-state index is -0.237. The molecule has 3 N–H and O–H groups in total. The molecule has 0 bridgehead atoms. The Morgan fingerprint density at radius 3 is 2.87 bits per heavy atom. The number of nitrogens with zero attached hydrogens (tertiary/aromatic N) is 3. The van der Waals surface area contributed by atoms with Crippen molar-refractivity contribution in [1.29, 1.82) is 0 Å². The van der Waals surface area contributed by atoms with Gasteiger partial charge in [-0.1, -0.05) is 36.4 Å². The smallest absolute Gasteiger partial charge is 0.274 e. The van der Waals surface area contributed by atoms with Crippen LogP contribution in [0.5, 0.6) is 0 Å². The summed E-state index contributed by atoms with van der Waals surface area (Å²) in [6.07, 6.45) is 2.80. The van der Waals surface area contributed by atoms with Gasteiger partial charge in [0.1, 0.15) is 11.5 Å². The van der Waals surface area contributed by atoms with Gasteiger partial charge in [-0.25, -0.2) is 4.98 Å². The van der Waals surface area contributed by atoms with E-state index < -0.39 is 0 Å². The fraction of sp³-hybridized carbons (Fsp3) is 0.208. The van der Waals surface area contributed by atoms with Gasteiger partial charge >= 0.3 is 0 Å². The Morgan fingerprint density at radius 2 is 2.00 bits per heavy atom. The maximum atomic E-state index is 13.0. The molecule has 0 fully saturated rings. The van der Waals surface area contributed by atoms with Gasteiger partial charge in [0, 0.05) is 30.4 Å². The highest BCUT2D eigenvalue weighted by Crippen LogP contribution is 2.23. The van der Waals surface area contributed by atoms with Crippen LogP contribution in [-0.2, 0) is 19.5 Å². The average molecular weight is 412 g/mol. The molecule has 5 rings (SSSR count). The van der Waals surface area contributed by atoms with Crippen molar-refractivity contribution in [2.45, 2.75) is 26.4 Å². The second-order valence-electron chi connectivity index (χ2n) is 7.76. The minimum Gasteiger partial charge on any atom is -0.366 e. The molecular formula is C24H24N6O. The molecule has 156 valence electrons. The normalized spacial score (nSPS) is 13.1. The Labute approximate surface area is 180 Å². The molecule has 0 unspecified atom stereocenters. The SMILES string of the molecule is Cc1cc2cccc(C(=O)Nc3nc4c(c(NCc5ccccc5)n3)CCNC4)n2c1. The first-order valence-corrected chi connectivity index (χ1v) is 10.4. The molecule has 0 spiro atoms. The highest BCUT2D eigenvalue weighted by molar-refractivity contribution is 6.02. The number of carbonyl (C=O) groups excluding carboxylic acids is 1. The van der Waals surface area contributed by atoms with Crippen LogP contribution in [0.1, 0.15) is 32.9 Å². The summed E-state index contributed by atoms with van der Waals surface area (Å²) in [5.74, 6) is 0.850. The van der Waals surface area contributed by atoms with Crippen molar-refractivity contribution in [3.63, 3.8) is 0 Å². The number of hydrogen-bond donors (Lipinski definition) is 3. The van der Waals surface area contributed by atoms with E-state index in [1.54, 1.807) is 6.07 Å². The van der Waals surface area contributed by atoms with E-state index >= 15 is 0 Å². The monoisotopic (exact) mass is 412 g/mol. The summed E-state index contributed by atoms with van der Waals surface area (Å²) in [6, 6.07) is 17.9. The number of benzene rings is 1. The van der Waals surface area contributed by atoms with Crippen molar-refractivity contribution in [1.82, 2.24) is 19.7 Å². The van der Waals surface area contributed by atoms with Gasteiger partial charge in [-0.3, -0.25) is 10.1 Å². The largest absolute Gasteiger partial charge is 0.366 e. The number of carbonyl (C=O) groups is 1. The summed E-state index contributed by atoms with van der Waals surface area (Å²) in [5.41, 5.74) is 5.82. The molecule has 4 aromatic rings. The predicted molar refractivity (Wildman–Crippen MR) is 121 cm³/mol. The molecule has 3 aromatic heterocycles. The number of fused-ring (bicyclic) bond motifs is 2. The molecule has 4 heterocycles. The van der Waals surface area contributed by atoms with E-state index in [0.717, 1.165) is 41.1 Å². The molecule has 0 saturated heterocycles. The zero-order valence-electron chi connectivity index (χ0n) is 17.4. The Kier molecular flexibility index (Phi) is 5.09. The number of pyridine rings is 1. The lowest BCUT2D eigenvalue weighted by Gasteiger charge is -2.21. The van der Waals surface area contributed by atoms with Crippen molar-refractivity contribution < 1.29 is 4.79 Å². The maximum absolute atomic E-state index is 13.0. The van der Waals surface area contributed by atoms with Crippen molar-refractivity contribution >= 4 is 23.2 Å². The van der Waals surface area contributed by atoms with E-state index in [2.05, 4.69) is 38.1 Å². The first-order chi connectivity index (χ1) is 15.2. The molecule has 0 atom stereocenters. The van der Waals surface area contributed by atoms with Crippen LogP contribution >= 0.6 is 0 Å². The van der Waals surface area contributed by atoms with Gasteiger partial charge in [-0.2, -0.15) is 4.98 Å². The van der Waals surface area contributed by atoms with E-state index in [0.29, 0.717) is 24.7 Å². The number of rotatable bonds is 5. The van der Waals surface area contributed by atoms with Crippen LogP contribution in [0.2, 0.25) is 0 Å². The molecular weight excluding hydrogens is 388 g/mol. The van der Waals surface area contributed by atoms with Crippen LogP contribution in [0.4, 0.5) is 11.8 Å². The second kappa shape index (κ2) is 8.20. The summed E-state index contributed by atoms with van der Waals surface area (Å²) in [5, 5.41) is 9.68. The summed E-state index contributed by atoms with van der Waals surface area (Å²) >= 11 is 0. The first-order valence-electron chi connectivity index (χ1n) is 10.4. The molecule has 1 aliphatic heterocycles. The summed E-state index contributed by atoms with van der Waals surface area (Å²) < 4.78 is 1.89.